The van der Waals surface area contributed by atoms with Gasteiger partial charge in [-0.25, -0.2) is 9.59 Å². The summed E-state index contributed by atoms with van der Waals surface area (Å²) in [5, 5.41) is 28.7. The van der Waals surface area contributed by atoms with Gasteiger partial charge >= 0.3 is 29.8 Å². The van der Waals surface area contributed by atoms with E-state index < -0.39 is 156 Å². The SMILES string of the molecule is CC(=O)OC1=C2C(C)[C@@H](OC(=O)[C@H](O)[C@@H](NC(=O)c3ccccc3)c3ccccc3)C[C@@](O)([C@@H](OC(=O)c3ccccc3)C3[C@](C)(C1=O)[C@@H](OC(=O)CCN1C(=O)C=CC1=O)C[C@H]1OC[C@@]31OC(C)=O)C2(C)C. The van der Waals surface area contributed by atoms with Crippen LogP contribution in [0, 0.1) is 22.7 Å². The lowest BCUT2D eigenvalue weighted by Gasteiger charge is -2.67. The third-order valence-electron chi connectivity index (χ3n) is 15.2. The number of allylic oxidation sites excluding steroid dienone is 1. The molecule has 384 valence electrons. The van der Waals surface area contributed by atoms with Crippen molar-refractivity contribution >= 4 is 53.4 Å². The molecule has 5 aliphatic rings. The zero-order valence-corrected chi connectivity index (χ0v) is 40.9. The van der Waals surface area contributed by atoms with E-state index in [0.717, 1.165) is 30.9 Å². The summed E-state index contributed by atoms with van der Waals surface area (Å²) in [6.07, 6.45) is -7.78. The zero-order valence-electron chi connectivity index (χ0n) is 40.9. The van der Waals surface area contributed by atoms with Crippen LogP contribution in [0.1, 0.15) is 93.1 Å². The molecule has 73 heavy (non-hydrogen) atoms. The Morgan fingerprint density at radius 3 is 1.96 bits per heavy atom. The topological polar surface area (TPSA) is 265 Å². The number of hydrogen-bond donors (Lipinski definition) is 3. The molecule has 2 saturated carbocycles. The van der Waals surface area contributed by atoms with Crippen molar-refractivity contribution in [3.63, 3.8) is 0 Å². The number of carbonyl (C=O) groups excluding carboxylic acids is 9. The summed E-state index contributed by atoms with van der Waals surface area (Å²) in [5.41, 5.74) is -8.06. The lowest BCUT2D eigenvalue weighted by atomic mass is 9.45. The number of aliphatic hydroxyl groups excluding tert-OH is 1. The molecule has 2 aliphatic heterocycles. The number of nitrogens with one attached hydrogen (secondary N) is 1. The van der Waals surface area contributed by atoms with Gasteiger partial charge in [0, 0.05) is 62.3 Å². The number of fused-ring (bicyclic) bond motifs is 5. The third kappa shape index (κ3) is 9.25. The summed E-state index contributed by atoms with van der Waals surface area (Å²) in [4.78, 5) is 125. The van der Waals surface area contributed by atoms with E-state index in [0.29, 0.717) is 5.56 Å². The molecule has 19 heteroatoms. The molecule has 11 atom stereocenters. The van der Waals surface area contributed by atoms with Crippen molar-refractivity contribution in [2.75, 3.05) is 13.2 Å². The molecule has 3 fully saturated rings. The van der Waals surface area contributed by atoms with Gasteiger partial charge in [0.25, 0.3) is 17.7 Å². The van der Waals surface area contributed by atoms with Crippen molar-refractivity contribution in [1.29, 1.82) is 0 Å². The molecule has 3 aromatic rings. The minimum atomic E-state index is -2.53. The van der Waals surface area contributed by atoms with Gasteiger partial charge in [-0.1, -0.05) is 87.5 Å². The largest absolute Gasteiger partial charge is 0.461 e. The van der Waals surface area contributed by atoms with E-state index in [2.05, 4.69) is 5.32 Å². The molecule has 3 aromatic carbocycles. The second-order valence-electron chi connectivity index (χ2n) is 19.8. The maximum Gasteiger partial charge on any atom is 0.338 e. The Balaban J connectivity index is 1.28. The van der Waals surface area contributed by atoms with Crippen LogP contribution in [-0.2, 0) is 62.0 Å². The number of rotatable bonds is 14. The highest BCUT2D eigenvalue weighted by Crippen LogP contribution is 2.65. The summed E-state index contributed by atoms with van der Waals surface area (Å²) < 4.78 is 37.0. The number of imide groups is 1. The van der Waals surface area contributed by atoms with Crippen molar-refractivity contribution in [2.45, 2.75) is 109 Å². The summed E-state index contributed by atoms with van der Waals surface area (Å²) in [5.74, 6) is -11.6. The van der Waals surface area contributed by atoms with Gasteiger partial charge in [0.2, 0.25) is 5.78 Å². The van der Waals surface area contributed by atoms with Crippen molar-refractivity contribution in [3.8, 4) is 0 Å². The predicted octanol–water partition coefficient (Wildman–Crippen LogP) is 3.81. The highest BCUT2D eigenvalue weighted by Gasteiger charge is 2.79. The Morgan fingerprint density at radius 1 is 0.808 bits per heavy atom. The monoisotopic (exact) mass is 1000 g/mol. The summed E-state index contributed by atoms with van der Waals surface area (Å²) in [6, 6.07) is 22.5. The van der Waals surface area contributed by atoms with Gasteiger partial charge in [0.1, 0.15) is 30.0 Å². The Labute approximate surface area is 419 Å². The quantitative estimate of drug-likeness (QED) is 0.118. The molecule has 0 radical (unpaired) electrons. The van der Waals surface area contributed by atoms with Crippen molar-refractivity contribution in [3.05, 3.63) is 131 Å². The van der Waals surface area contributed by atoms with Gasteiger partial charge in [-0.15, -0.1) is 0 Å². The number of ether oxygens (including phenoxy) is 6. The Bertz CT molecular complexity index is 2780. The fraction of sp³-hybridized carbons (Fsp3) is 0.426. The number of nitrogens with zero attached hydrogens (tertiary/aromatic N) is 1. The Hall–Kier alpha value is -7.35. The molecule has 0 aromatic heterocycles. The van der Waals surface area contributed by atoms with E-state index in [1.165, 1.54) is 32.9 Å². The van der Waals surface area contributed by atoms with Crippen LogP contribution in [0.15, 0.2) is 114 Å². The first-order valence-corrected chi connectivity index (χ1v) is 23.8. The first kappa shape index (κ1) is 52.0. The number of Topliss-reactive ketones (excluding diaryl/α,β-unsaturated/α-hetero) is 1. The molecule has 2 unspecified atom stereocenters. The van der Waals surface area contributed by atoms with E-state index in [-0.39, 0.29) is 23.1 Å². The van der Waals surface area contributed by atoms with Crippen LogP contribution in [0.3, 0.4) is 0 Å². The second kappa shape index (κ2) is 19.9. The minimum Gasteiger partial charge on any atom is -0.461 e. The van der Waals surface area contributed by atoms with Crippen LogP contribution in [-0.4, -0.2) is 123 Å². The van der Waals surface area contributed by atoms with Gasteiger partial charge in [-0.2, -0.15) is 0 Å². The van der Waals surface area contributed by atoms with Gasteiger partial charge in [-0.05, 0) is 42.3 Å². The molecule has 3 aliphatic carbocycles. The van der Waals surface area contributed by atoms with Gasteiger partial charge in [-0.3, -0.25) is 38.5 Å². The van der Waals surface area contributed by atoms with E-state index in [4.69, 9.17) is 28.4 Å². The number of esters is 5. The van der Waals surface area contributed by atoms with Gasteiger partial charge in [0.15, 0.2) is 17.5 Å². The minimum absolute atomic E-state index is 0.00243. The first-order valence-electron chi connectivity index (χ1n) is 23.8. The number of hydrogen-bond acceptors (Lipinski definition) is 17. The van der Waals surface area contributed by atoms with E-state index in [1.807, 2.05) is 0 Å². The number of carbonyl (C=O) groups is 9. The molecule has 1 saturated heterocycles. The normalized spacial score (nSPS) is 29.7. The standard InChI is InChI=1S/C54H56N2O17/c1-29-35(70-50(66)43(62)42(32-16-10-7-11-17-32)55-48(64)33-18-12-8-13-19-33)27-54(67)47(72-49(65)34-20-14-9-15-21-34)45-52(6,46(63)44(69-30(2)57)41(29)51(54,4)5)36(26-37-53(45,28-68-37)73-31(3)58)71-40(61)24-25-56-38(59)22-23-39(56)60/h7-23,29,35-37,42-43,45,47,62,67H,24-28H2,1-6H3,(H,55,64)/t29?,35-,36-,37+,42-,43+,45?,47-,52+,53-,54+/m0/s1. The fourth-order valence-electron chi connectivity index (χ4n) is 11.4. The highest BCUT2D eigenvalue weighted by molar-refractivity contribution is 6.13. The Kier molecular flexibility index (Phi) is 14.2. The average molecular weight is 1010 g/mol. The zero-order chi connectivity index (χ0) is 52.8. The lowest BCUT2D eigenvalue weighted by molar-refractivity contribution is -0.346. The first-order chi connectivity index (χ1) is 34.5. The number of ketones is 1. The maximum absolute atomic E-state index is 16.2. The highest BCUT2D eigenvalue weighted by atomic mass is 16.6. The lowest BCUT2D eigenvalue weighted by Crippen LogP contribution is -2.81. The number of aliphatic hydroxyl groups is 2. The molecular weight excluding hydrogens is 949 g/mol. The van der Waals surface area contributed by atoms with E-state index in [9.17, 15) is 48.6 Å². The molecule has 3 amide bonds. The summed E-state index contributed by atoms with van der Waals surface area (Å²) in [6.45, 7) is 7.24. The van der Waals surface area contributed by atoms with Gasteiger partial charge in [0.05, 0.1) is 36.0 Å². The van der Waals surface area contributed by atoms with Crippen LogP contribution in [0.2, 0.25) is 0 Å². The second-order valence-corrected chi connectivity index (χ2v) is 19.8. The third-order valence-corrected chi connectivity index (χ3v) is 15.2. The van der Waals surface area contributed by atoms with Crippen LogP contribution in [0.5, 0.6) is 0 Å². The molecule has 0 spiro atoms. The van der Waals surface area contributed by atoms with Crippen molar-refractivity contribution in [2.24, 2.45) is 22.7 Å². The molecule has 3 N–H and O–H groups in total. The molecule has 2 bridgehead atoms. The fourth-order valence-corrected chi connectivity index (χ4v) is 11.4. The van der Waals surface area contributed by atoms with Crippen molar-refractivity contribution in [1.82, 2.24) is 10.2 Å². The van der Waals surface area contributed by atoms with Crippen LogP contribution in [0.25, 0.3) is 0 Å². The van der Waals surface area contributed by atoms with Crippen LogP contribution < -0.4 is 5.32 Å². The van der Waals surface area contributed by atoms with E-state index >= 15 is 4.79 Å². The smallest absolute Gasteiger partial charge is 0.338 e. The van der Waals surface area contributed by atoms with E-state index in [1.54, 1.807) is 85.8 Å². The average Bonchev–Trinajstić information content (AvgIpc) is 3.68. The van der Waals surface area contributed by atoms with Crippen molar-refractivity contribution < 1.29 is 81.8 Å². The molecule has 2 heterocycles. The Morgan fingerprint density at radius 2 is 1.40 bits per heavy atom. The number of benzene rings is 3. The van der Waals surface area contributed by atoms with Crippen LogP contribution in [0.4, 0.5) is 0 Å². The predicted molar refractivity (Wildman–Crippen MR) is 252 cm³/mol. The molecule has 19 nitrogen and oxygen atoms in total. The summed E-state index contributed by atoms with van der Waals surface area (Å²) in [7, 11) is 0. The van der Waals surface area contributed by atoms with Gasteiger partial charge < -0.3 is 44.0 Å². The molecule has 8 rings (SSSR count). The maximum atomic E-state index is 16.2. The molecular formula is C54H56N2O17. The summed E-state index contributed by atoms with van der Waals surface area (Å²) >= 11 is 0. The number of amides is 3. The van der Waals surface area contributed by atoms with Crippen LogP contribution >= 0.6 is 0 Å².